The van der Waals surface area contributed by atoms with Crippen molar-refractivity contribution in [2.45, 2.75) is 18.7 Å². The third-order valence-electron chi connectivity index (χ3n) is 2.08. The van der Waals surface area contributed by atoms with E-state index in [4.69, 9.17) is 27.9 Å². The van der Waals surface area contributed by atoms with Gasteiger partial charge in [0.2, 0.25) is 0 Å². The Morgan fingerprint density at radius 1 is 1.31 bits per heavy atom. The van der Waals surface area contributed by atoms with Gasteiger partial charge in [-0.3, -0.25) is 4.79 Å². The van der Waals surface area contributed by atoms with E-state index in [1.54, 1.807) is 19.1 Å². The topological polar surface area (TPSA) is 26.3 Å². The summed E-state index contributed by atoms with van der Waals surface area (Å²) in [6, 6.07) is 3.40. The highest BCUT2D eigenvalue weighted by molar-refractivity contribution is 9.08. The Hall–Kier alpha value is -0.250. The van der Waals surface area contributed by atoms with Crippen LogP contribution >= 0.6 is 39.1 Å². The number of alkyl halides is 1. The molecule has 0 aliphatic rings. The number of esters is 1. The minimum atomic E-state index is -0.297. The molecule has 2 nitrogen and oxygen atoms in total. The largest absolute Gasteiger partial charge is 0.466 e. The quantitative estimate of drug-likeness (QED) is 0.618. The molecule has 0 saturated carbocycles. The van der Waals surface area contributed by atoms with Crippen molar-refractivity contribution in [2.75, 3.05) is 6.61 Å². The van der Waals surface area contributed by atoms with Gasteiger partial charge in [0, 0.05) is 15.4 Å². The summed E-state index contributed by atoms with van der Waals surface area (Å²) in [7, 11) is 0. The molecule has 1 aromatic carbocycles. The molecule has 1 rings (SSSR count). The van der Waals surface area contributed by atoms with Gasteiger partial charge in [0.1, 0.15) is 0 Å². The number of ether oxygens (including phenoxy) is 1. The molecule has 0 bridgehead atoms. The van der Waals surface area contributed by atoms with Gasteiger partial charge in [-0.2, -0.15) is 0 Å². The van der Waals surface area contributed by atoms with Crippen molar-refractivity contribution in [3.63, 3.8) is 0 Å². The molecule has 16 heavy (non-hydrogen) atoms. The lowest BCUT2D eigenvalue weighted by molar-refractivity contribution is -0.142. The lowest BCUT2D eigenvalue weighted by Gasteiger charge is -2.10. The molecule has 1 aromatic rings. The third-order valence-corrected chi connectivity index (χ3v) is 3.35. The zero-order valence-electron chi connectivity index (χ0n) is 8.73. The highest BCUT2D eigenvalue weighted by Gasteiger charge is 2.14. The van der Waals surface area contributed by atoms with Crippen LogP contribution in [0.5, 0.6) is 0 Å². The van der Waals surface area contributed by atoms with Crippen LogP contribution in [0.2, 0.25) is 10.0 Å². The molecule has 0 N–H and O–H groups in total. The van der Waals surface area contributed by atoms with Gasteiger partial charge in [-0.05, 0) is 30.2 Å². The van der Waals surface area contributed by atoms with Crippen LogP contribution in [-0.2, 0) is 21.3 Å². The Balaban J connectivity index is 3.01. The van der Waals surface area contributed by atoms with Gasteiger partial charge in [0.25, 0.3) is 0 Å². The lowest BCUT2D eigenvalue weighted by atomic mass is 10.1. The van der Waals surface area contributed by atoms with Gasteiger partial charge in [-0.1, -0.05) is 39.1 Å². The first kappa shape index (κ1) is 13.8. The van der Waals surface area contributed by atoms with Crippen LogP contribution in [0.4, 0.5) is 0 Å². The van der Waals surface area contributed by atoms with E-state index in [9.17, 15) is 4.79 Å². The summed E-state index contributed by atoms with van der Waals surface area (Å²) in [5.74, 6) is -0.297. The Morgan fingerprint density at radius 2 is 1.88 bits per heavy atom. The van der Waals surface area contributed by atoms with Crippen molar-refractivity contribution < 1.29 is 9.53 Å². The van der Waals surface area contributed by atoms with Gasteiger partial charge < -0.3 is 4.74 Å². The maximum absolute atomic E-state index is 11.4. The molecule has 0 aliphatic heterocycles. The second kappa shape index (κ2) is 6.48. The van der Waals surface area contributed by atoms with Gasteiger partial charge in [-0.15, -0.1) is 0 Å². The first-order valence-electron chi connectivity index (χ1n) is 4.77. The van der Waals surface area contributed by atoms with E-state index in [2.05, 4.69) is 15.9 Å². The molecule has 88 valence electrons. The van der Waals surface area contributed by atoms with Crippen molar-refractivity contribution in [3.8, 4) is 0 Å². The molecule has 0 saturated heterocycles. The molecule has 0 fully saturated rings. The SMILES string of the molecule is CCOC(=O)Cc1c(Cl)ccc(Cl)c1CBr. The number of halogens is 3. The predicted molar refractivity (Wildman–Crippen MR) is 69.4 cm³/mol. The van der Waals surface area contributed by atoms with E-state index in [-0.39, 0.29) is 12.4 Å². The zero-order chi connectivity index (χ0) is 12.1. The highest BCUT2D eigenvalue weighted by Crippen LogP contribution is 2.29. The van der Waals surface area contributed by atoms with Crippen LogP contribution in [0.3, 0.4) is 0 Å². The standard InChI is InChI=1S/C11H11BrCl2O2/c1-2-16-11(15)5-7-8(6-12)10(14)4-3-9(7)13/h3-4H,2,5-6H2,1H3. The van der Waals surface area contributed by atoms with E-state index in [0.717, 1.165) is 11.1 Å². The third kappa shape index (κ3) is 3.37. The van der Waals surface area contributed by atoms with Gasteiger partial charge >= 0.3 is 5.97 Å². The average molecular weight is 326 g/mol. The smallest absolute Gasteiger partial charge is 0.310 e. The summed E-state index contributed by atoms with van der Waals surface area (Å²) < 4.78 is 4.88. The van der Waals surface area contributed by atoms with Crippen LogP contribution in [-0.4, -0.2) is 12.6 Å². The number of carbonyl (C=O) groups is 1. The second-order valence-electron chi connectivity index (χ2n) is 3.10. The van der Waals surface area contributed by atoms with E-state index in [1.807, 2.05) is 0 Å². The van der Waals surface area contributed by atoms with Gasteiger partial charge in [-0.25, -0.2) is 0 Å². The fraction of sp³-hybridized carbons (Fsp3) is 0.364. The van der Waals surface area contributed by atoms with E-state index in [0.29, 0.717) is 22.0 Å². The number of rotatable bonds is 4. The fourth-order valence-electron chi connectivity index (χ4n) is 1.33. The first-order chi connectivity index (χ1) is 7.60. The molecule has 0 unspecified atom stereocenters. The molecule has 0 aromatic heterocycles. The normalized spacial score (nSPS) is 10.2. The molecular formula is C11H11BrCl2O2. The van der Waals surface area contributed by atoms with E-state index >= 15 is 0 Å². The van der Waals surface area contributed by atoms with Crippen LogP contribution in [0.25, 0.3) is 0 Å². The molecule has 0 spiro atoms. The van der Waals surface area contributed by atoms with Gasteiger partial charge in [0.15, 0.2) is 0 Å². The number of hydrogen-bond acceptors (Lipinski definition) is 2. The van der Waals surface area contributed by atoms with Gasteiger partial charge in [0.05, 0.1) is 13.0 Å². The van der Waals surface area contributed by atoms with Crippen LogP contribution in [0.1, 0.15) is 18.1 Å². The summed E-state index contributed by atoms with van der Waals surface area (Å²) in [5, 5.41) is 1.69. The molecule has 0 amide bonds. The van der Waals surface area contributed by atoms with Crippen molar-refractivity contribution in [1.29, 1.82) is 0 Å². The van der Waals surface area contributed by atoms with Crippen molar-refractivity contribution in [3.05, 3.63) is 33.3 Å². The Kier molecular flexibility index (Phi) is 5.59. The molecule has 0 radical (unpaired) electrons. The first-order valence-corrected chi connectivity index (χ1v) is 6.65. The fourth-order valence-corrected chi connectivity index (χ4v) is 2.62. The highest BCUT2D eigenvalue weighted by atomic mass is 79.9. The summed E-state index contributed by atoms with van der Waals surface area (Å²) in [6.07, 6.45) is 0.147. The van der Waals surface area contributed by atoms with Crippen molar-refractivity contribution >= 4 is 45.1 Å². The summed E-state index contributed by atoms with van der Waals surface area (Å²) in [5.41, 5.74) is 1.56. The summed E-state index contributed by atoms with van der Waals surface area (Å²) in [4.78, 5) is 11.4. The Morgan fingerprint density at radius 3 is 2.38 bits per heavy atom. The van der Waals surface area contributed by atoms with Crippen LogP contribution < -0.4 is 0 Å². The number of carbonyl (C=O) groups excluding carboxylic acids is 1. The molecule has 0 aliphatic carbocycles. The minimum absolute atomic E-state index is 0.147. The molecule has 0 atom stereocenters. The lowest BCUT2D eigenvalue weighted by Crippen LogP contribution is -2.09. The summed E-state index contributed by atoms with van der Waals surface area (Å²) >= 11 is 15.4. The number of hydrogen-bond donors (Lipinski definition) is 0. The van der Waals surface area contributed by atoms with Crippen molar-refractivity contribution in [1.82, 2.24) is 0 Å². The second-order valence-corrected chi connectivity index (χ2v) is 4.48. The van der Waals surface area contributed by atoms with Crippen LogP contribution in [0, 0.1) is 0 Å². The Labute approximate surface area is 113 Å². The molecular weight excluding hydrogens is 315 g/mol. The zero-order valence-corrected chi connectivity index (χ0v) is 11.8. The molecule has 5 heteroatoms. The summed E-state index contributed by atoms with van der Waals surface area (Å²) in [6.45, 7) is 2.13. The monoisotopic (exact) mass is 324 g/mol. The average Bonchev–Trinajstić information content (AvgIpc) is 2.24. The van der Waals surface area contributed by atoms with Crippen LogP contribution in [0.15, 0.2) is 12.1 Å². The van der Waals surface area contributed by atoms with E-state index in [1.165, 1.54) is 0 Å². The molecule has 0 heterocycles. The van der Waals surface area contributed by atoms with E-state index < -0.39 is 0 Å². The maximum atomic E-state index is 11.4. The van der Waals surface area contributed by atoms with Crippen molar-refractivity contribution in [2.24, 2.45) is 0 Å². The maximum Gasteiger partial charge on any atom is 0.310 e. The minimum Gasteiger partial charge on any atom is -0.466 e. The number of benzene rings is 1. The Bertz CT molecular complexity index is 394. The predicted octanol–water partition coefficient (Wildman–Crippen LogP) is 3.99.